The van der Waals surface area contributed by atoms with Gasteiger partial charge in [-0.05, 0) is 45.1 Å². The summed E-state index contributed by atoms with van der Waals surface area (Å²) in [4.78, 5) is 4.67. The van der Waals surface area contributed by atoms with E-state index in [1.165, 1.54) is 12.8 Å². The molecule has 2 unspecified atom stereocenters. The third-order valence-corrected chi connectivity index (χ3v) is 4.74. The number of methoxy groups -OCH3 is 1. The second-order valence-corrected chi connectivity index (χ2v) is 6.12. The van der Waals surface area contributed by atoms with Gasteiger partial charge in [-0.3, -0.25) is 0 Å². The van der Waals surface area contributed by atoms with Crippen molar-refractivity contribution in [3.05, 3.63) is 11.7 Å². The second-order valence-electron chi connectivity index (χ2n) is 6.12. The monoisotopic (exact) mass is 295 g/mol. The molecule has 1 fully saturated rings. The summed E-state index contributed by atoms with van der Waals surface area (Å²) in [7, 11) is 1.75. The van der Waals surface area contributed by atoms with E-state index >= 15 is 0 Å². The number of hydrogen-bond acceptors (Lipinski definition) is 5. The molecule has 120 valence electrons. The quantitative estimate of drug-likeness (QED) is 0.797. The van der Waals surface area contributed by atoms with Crippen LogP contribution in [-0.4, -0.2) is 29.8 Å². The van der Waals surface area contributed by atoms with E-state index in [9.17, 15) is 0 Å². The van der Waals surface area contributed by atoms with Crippen LogP contribution >= 0.6 is 0 Å². The smallest absolute Gasteiger partial charge is 0.231 e. The molecular formula is C16H29N3O2. The van der Waals surface area contributed by atoms with Crippen LogP contribution in [-0.2, 0) is 10.3 Å². The molecular weight excluding hydrogens is 266 g/mol. The third-order valence-electron chi connectivity index (χ3n) is 4.74. The molecule has 1 saturated carbocycles. The molecule has 1 heterocycles. The van der Waals surface area contributed by atoms with Gasteiger partial charge in [0.1, 0.15) is 5.60 Å². The molecule has 2 atom stereocenters. The van der Waals surface area contributed by atoms with Gasteiger partial charge in [0.15, 0.2) is 0 Å². The van der Waals surface area contributed by atoms with E-state index in [0.29, 0.717) is 6.04 Å². The predicted molar refractivity (Wildman–Crippen MR) is 82.2 cm³/mol. The van der Waals surface area contributed by atoms with Crippen molar-refractivity contribution >= 4 is 0 Å². The standard InChI is InChI=1S/C16H29N3O2/c1-5-11-17-13(6-2)12(3)14-18-15(19-21-14)16(20-4)9-7-8-10-16/h12-13,17H,5-11H2,1-4H3. The van der Waals surface area contributed by atoms with Gasteiger partial charge in [0.2, 0.25) is 11.7 Å². The number of ether oxygens (including phenoxy) is 1. The lowest BCUT2D eigenvalue weighted by molar-refractivity contribution is -0.0178. The lowest BCUT2D eigenvalue weighted by atomic mass is 9.98. The molecule has 1 N–H and O–H groups in total. The first kappa shape index (κ1) is 16.4. The molecule has 0 radical (unpaired) electrons. The lowest BCUT2D eigenvalue weighted by Gasteiger charge is -2.23. The number of rotatable bonds is 8. The van der Waals surface area contributed by atoms with Crippen molar-refractivity contribution in [2.24, 2.45) is 0 Å². The summed E-state index contributed by atoms with van der Waals surface area (Å²) >= 11 is 0. The molecule has 0 bridgehead atoms. The largest absolute Gasteiger partial charge is 0.370 e. The fraction of sp³-hybridized carbons (Fsp3) is 0.875. The van der Waals surface area contributed by atoms with Crippen molar-refractivity contribution in [2.75, 3.05) is 13.7 Å². The Labute approximate surface area is 127 Å². The van der Waals surface area contributed by atoms with Crippen LogP contribution in [0.25, 0.3) is 0 Å². The van der Waals surface area contributed by atoms with Crippen molar-refractivity contribution in [3.63, 3.8) is 0 Å². The molecule has 5 heteroatoms. The number of nitrogens with one attached hydrogen (secondary N) is 1. The SMILES string of the molecule is CCCNC(CC)C(C)c1nc(C2(OC)CCCC2)no1. The molecule has 21 heavy (non-hydrogen) atoms. The zero-order chi connectivity index (χ0) is 15.3. The first-order valence-corrected chi connectivity index (χ1v) is 8.29. The molecule has 1 aliphatic rings. The van der Waals surface area contributed by atoms with Crippen molar-refractivity contribution in [2.45, 2.75) is 76.9 Å². The molecule has 1 aromatic heterocycles. The summed E-state index contributed by atoms with van der Waals surface area (Å²) in [6, 6.07) is 0.375. The fourth-order valence-corrected chi connectivity index (χ4v) is 3.25. The number of nitrogens with zero attached hydrogens (tertiary/aromatic N) is 2. The second kappa shape index (κ2) is 7.36. The average Bonchev–Trinajstić information content (AvgIpc) is 3.17. The van der Waals surface area contributed by atoms with Gasteiger partial charge in [0.25, 0.3) is 0 Å². The number of aromatic nitrogens is 2. The zero-order valence-electron chi connectivity index (χ0n) is 13.8. The van der Waals surface area contributed by atoms with E-state index in [1.807, 2.05) is 0 Å². The molecule has 0 saturated heterocycles. The van der Waals surface area contributed by atoms with Gasteiger partial charge in [-0.15, -0.1) is 0 Å². The van der Waals surface area contributed by atoms with E-state index in [-0.39, 0.29) is 11.5 Å². The Balaban J connectivity index is 2.11. The molecule has 0 amide bonds. The molecule has 5 nitrogen and oxygen atoms in total. The molecule has 0 aliphatic heterocycles. The minimum Gasteiger partial charge on any atom is -0.370 e. The van der Waals surface area contributed by atoms with Gasteiger partial charge in [0.05, 0.1) is 5.92 Å². The van der Waals surface area contributed by atoms with Gasteiger partial charge in [-0.25, -0.2) is 0 Å². The summed E-state index contributed by atoms with van der Waals surface area (Å²) in [5.74, 6) is 1.68. The van der Waals surface area contributed by atoms with Crippen LogP contribution in [0.2, 0.25) is 0 Å². The average molecular weight is 295 g/mol. The summed E-state index contributed by atoms with van der Waals surface area (Å²) in [6.45, 7) is 7.54. The maximum Gasteiger partial charge on any atom is 0.231 e. The molecule has 1 aliphatic carbocycles. The van der Waals surface area contributed by atoms with Gasteiger partial charge in [-0.2, -0.15) is 4.98 Å². The Bertz CT molecular complexity index is 427. The maximum atomic E-state index is 5.73. The highest BCUT2D eigenvalue weighted by atomic mass is 16.5. The van der Waals surface area contributed by atoms with Crippen LogP contribution in [0.15, 0.2) is 4.52 Å². The predicted octanol–water partition coefficient (Wildman–Crippen LogP) is 3.37. The normalized spacial score (nSPS) is 20.6. The first-order valence-electron chi connectivity index (χ1n) is 8.29. The highest BCUT2D eigenvalue weighted by Gasteiger charge is 2.40. The number of hydrogen-bond donors (Lipinski definition) is 1. The van der Waals surface area contributed by atoms with Crippen LogP contribution in [0, 0.1) is 0 Å². The Kier molecular flexibility index (Phi) is 5.76. The lowest BCUT2D eigenvalue weighted by Crippen LogP contribution is -2.34. The van der Waals surface area contributed by atoms with E-state index in [1.54, 1.807) is 7.11 Å². The topological polar surface area (TPSA) is 60.2 Å². The maximum absolute atomic E-state index is 5.73. The van der Waals surface area contributed by atoms with E-state index < -0.39 is 0 Å². The summed E-state index contributed by atoms with van der Waals surface area (Å²) in [5, 5.41) is 7.78. The Morgan fingerprint density at radius 3 is 2.62 bits per heavy atom. The summed E-state index contributed by atoms with van der Waals surface area (Å²) < 4.78 is 11.3. The summed E-state index contributed by atoms with van der Waals surface area (Å²) in [5.41, 5.74) is -0.319. The van der Waals surface area contributed by atoms with Gasteiger partial charge >= 0.3 is 0 Å². The van der Waals surface area contributed by atoms with Gasteiger partial charge in [0, 0.05) is 13.2 Å². The minimum atomic E-state index is -0.319. The Hall–Kier alpha value is -0.940. The van der Waals surface area contributed by atoms with E-state index in [4.69, 9.17) is 9.26 Å². The van der Waals surface area contributed by atoms with Crippen LogP contribution in [0.5, 0.6) is 0 Å². The van der Waals surface area contributed by atoms with Gasteiger partial charge in [-0.1, -0.05) is 25.9 Å². The van der Waals surface area contributed by atoms with Crippen molar-refractivity contribution < 1.29 is 9.26 Å². The van der Waals surface area contributed by atoms with Crippen molar-refractivity contribution in [3.8, 4) is 0 Å². The highest BCUT2D eigenvalue weighted by Crippen LogP contribution is 2.40. The molecule has 0 spiro atoms. The molecule has 2 rings (SSSR count). The van der Waals surface area contributed by atoms with Crippen molar-refractivity contribution in [1.82, 2.24) is 15.5 Å². The zero-order valence-corrected chi connectivity index (χ0v) is 13.8. The van der Waals surface area contributed by atoms with Crippen LogP contribution in [0.3, 0.4) is 0 Å². The first-order chi connectivity index (χ1) is 10.2. The van der Waals surface area contributed by atoms with Crippen LogP contribution in [0.1, 0.15) is 76.9 Å². The van der Waals surface area contributed by atoms with E-state index in [0.717, 1.165) is 43.9 Å². The van der Waals surface area contributed by atoms with Gasteiger partial charge < -0.3 is 14.6 Å². The van der Waals surface area contributed by atoms with Crippen LogP contribution < -0.4 is 5.32 Å². The minimum absolute atomic E-state index is 0.220. The summed E-state index contributed by atoms with van der Waals surface area (Å²) in [6.07, 6.45) is 6.50. The van der Waals surface area contributed by atoms with Crippen molar-refractivity contribution in [1.29, 1.82) is 0 Å². The highest BCUT2D eigenvalue weighted by molar-refractivity contribution is 5.07. The van der Waals surface area contributed by atoms with Crippen LogP contribution in [0.4, 0.5) is 0 Å². The molecule has 0 aromatic carbocycles. The Morgan fingerprint density at radius 1 is 1.33 bits per heavy atom. The third kappa shape index (κ3) is 3.46. The molecule has 1 aromatic rings. The van der Waals surface area contributed by atoms with E-state index in [2.05, 4.69) is 36.2 Å². The Morgan fingerprint density at radius 2 is 2.05 bits per heavy atom. The fourth-order valence-electron chi connectivity index (χ4n) is 3.25.